The standard InChI is InChI=1S/C17H15ClN2O2S/c1-10-12(18)7-8-15-16(10)20-17(23-15)19-9-13(21)11-5-3-4-6-14(11)22-2/h3-8H,9H2,1-2H3,(H,19,20). The van der Waals surface area contributed by atoms with Crippen molar-refractivity contribution >= 4 is 44.1 Å². The normalized spacial score (nSPS) is 10.7. The third-order valence-electron chi connectivity index (χ3n) is 3.56. The van der Waals surface area contributed by atoms with E-state index < -0.39 is 0 Å². The molecule has 0 amide bonds. The molecule has 0 spiro atoms. The van der Waals surface area contributed by atoms with E-state index in [9.17, 15) is 4.79 Å². The van der Waals surface area contributed by atoms with Crippen LogP contribution in [0.15, 0.2) is 36.4 Å². The first-order valence-corrected chi connectivity index (χ1v) is 8.25. The van der Waals surface area contributed by atoms with Gasteiger partial charge in [0, 0.05) is 5.02 Å². The van der Waals surface area contributed by atoms with Gasteiger partial charge < -0.3 is 10.1 Å². The minimum absolute atomic E-state index is 0.0449. The summed E-state index contributed by atoms with van der Waals surface area (Å²) >= 11 is 7.62. The Balaban J connectivity index is 1.78. The molecule has 2 aromatic carbocycles. The summed E-state index contributed by atoms with van der Waals surface area (Å²) in [6.45, 7) is 2.10. The number of hydrogen-bond acceptors (Lipinski definition) is 5. The van der Waals surface area contributed by atoms with Crippen molar-refractivity contribution in [1.29, 1.82) is 0 Å². The summed E-state index contributed by atoms with van der Waals surface area (Å²) in [5, 5.41) is 4.49. The Bertz CT molecular complexity index is 876. The first-order valence-electron chi connectivity index (χ1n) is 7.06. The van der Waals surface area contributed by atoms with Gasteiger partial charge in [0.1, 0.15) is 5.75 Å². The van der Waals surface area contributed by atoms with Crippen molar-refractivity contribution < 1.29 is 9.53 Å². The summed E-state index contributed by atoms with van der Waals surface area (Å²) in [6.07, 6.45) is 0. The zero-order valence-corrected chi connectivity index (χ0v) is 14.3. The van der Waals surface area contributed by atoms with Crippen molar-refractivity contribution in [3.05, 3.63) is 52.5 Å². The van der Waals surface area contributed by atoms with Gasteiger partial charge in [-0.15, -0.1) is 0 Å². The molecule has 1 heterocycles. The van der Waals surface area contributed by atoms with Crippen LogP contribution in [0.4, 0.5) is 5.13 Å². The number of methoxy groups -OCH3 is 1. The van der Waals surface area contributed by atoms with Gasteiger partial charge in [-0.05, 0) is 36.8 Å². The van der Waals surface area contributed by atoms with E-state index in [2.05, 4.69) is 10.3 Å². The molecule has 0 saturated carbocycles. The van der Waals surface area contributed by atoms with Crippen molar-refractivity contribution in [1.82, 2.24) is 4.98 Å². The quantitative estimate of drug-likeness (QED) is 0.688. The molecule has 1 aromatic heterocycles. The Morgan fingerprint density at radius 2 is 2.09 bits per heavy atom. The highest BCUT2D eigenvalue weighted by atomic mass is 35.5. The van der Waals surface area contributed by atoms with E-state index >= 15 is 0 Å². The molecule has 1 N–H and O–H groups in total. The number of carbonyl (C=O) groups is 1. The van der Waals surface area contributed by atoms with Crippen LogP contribution in [0.3, 0.4) is 0 Å². The Morgan fingerprint density at radius 3 is 2.87 bits per heavy atom. The summed E-state index contributed by atoms with van der Waals surface area (Å²) in [5.41, 5.74) is 2.38. The Kier molecular flexibility index (Phi) is 4.50. The number of carbonyl (C=O) groups excluding carboxylic acids is 1. The summed E-state index contributed by atoms with van der Waals surface area (Å²) in [7, 11) is 1.56. The van der Waals surface area contributed by atoms with E-state index in [0.29, 0.717) is 21.5 Å². The third-order valence-corrected chi connectivity index (χ3v) is 4.94. The second-order valence-electron chi connectivity index (χ2n) is 5.02. The maximum Gasteiger partial charge on any atom is 0.185 e. The Morgan fingerprint density at radius 1 is 1.30 bits per heavy atom. The number of aromatic nitrogens is 1. The van der Waals surface area contributed by atoms with Gasteiger partial charge in [0.2, 0.25) is 0 Å². The molecule has 0 aliphatic carbocycles. The van der Waals surface area contributed by atoms with Crippen LogP contribution < -0.4 is 10.1 Å². The molecule has 3 aromatic rings. The molecule has 118 valence electrons. The van der Waals surface area contributed by atoms with E-state index in [1.165, 1.54) is 11.3 Å². The molecule has 0 bridgehead atoms. The molecule has 6 heteroatoms. The predicted molar refractivity (Wildman–Crippen MR) is 95.2 cm³/mol. The number of ketones is 1. The van der Waals surface area contributed by atoms with Crippen LogP contribution in [0.2, 0.25) is 5.02 Å². The highest BCUT2D eigenvalue weighted by Crippen LogP contribution is 2.31. The van der Waals surface area contributed by atoms with E-state index in [4.69, 9.17) is 16.3 Å². The fourth-order valence-electron chi connectivity index (χ4n) is 2.30. The van der Waals surface area contributed by atoms with Gasteiger partial charge in [-0.3, -0.25) is 4.79 Å². The third kappa shape index (κ3) is 3.16. The summed E-state index contributed by atoms with van der Waals surface area (Å²) in [6, 6.07) is 11.0. The highest BCUT2D eigenvalue weighted by molar-refractivity contribution is 7.22. The van der Waals surface area contributed by atoms with Gasteiger partial charge in [0.05, 0.1) is 29.4 Å². The minimum Gasteiger partial charge on any atom is -0.496 e. The first kappa shape index (κ1) is 15.8. The number of anilines is 1. The number of fused-ring (bicyclic) bond motifs is 1. The number of rotatable bonds is 5. The van der Waals surface area contributed by atoms with Gasteiger partial charge in [0.25, 0.3) is 0 Å². The summed E-state index contributed by atoms with van der Waals surface area (Å²) < 4.78 is 6.26. The molecular weight excluding hydrogens is 332 g/mol. The molecule has 23 heavy (non-hydrogen) atoms. The Labute approximate surface area is 143 Å². The predicted octanol–water partition coefficient (Wildman–Crippen LogP) is 4.56. The lowest BCUT2D eigenvalue weighted by atomic mass is 10.1. The van der Waals surface area contributed by atoms with Crippen molar-refractivity contribution in [3.63, 3.8) is 0 Å². The number of halogens is 1. The summed E-state index contributed by atoms with van der Waals surface area (Å²) in [4.78, 5) is 16.9. The Hall–Kier alpha value is -2.11. The smallest absolute Gasteiger partial charge is 0.185 e. The molecule has 0 fully saturated rings. The van der Waals surface area contributed by atoms with Gasteiger partial charge in [0.15, 0.2) is 10.9 Å². The average molecular weight is 347 g/mol. The van der Waals surface area contributed by atoms with Crippen molar-refractivity contribution in [2.45, 2.75) is 6.92 Å². The van der Waals surface area contributed by atoms with Crippen LogP contribution in [-0.4, -0.2) is 24.4 Å². The number of para-hydroxylation sites is 1. The van der Waals surface area contributed by atoms with Crippen molar-refractivity contribution in [2.24, 2.45) is 0 Å². The molecule has 0 radical (unpaired) electrons. The lowest BCUT2D eigenvalue weighted by Crippen LogP contribution is -2.14. The average Bonchev–Trinajstić information content (AvgIpc) is 3.00. The van der Waals surface area contributed by atoms with E-state index in [1.54, 1.807) is 19.2 Å². The lowest BCUT2D eigenvalue weighted by Gasteiger charge is -2.07. The van der Waals surface area contributed by atoms with E-state index in [1.807, 2.05) is 31.2 Å². The van der Waals surface area contributed by atoms with Crippen molar-refractivity contribution in [2.75, 3.05) is 19.0 Å². The molecule has 0 saturated heterocycles. The van der Waals surface area contributed by atoms with Gasteiger partial charge in [-0.2, -0.15) is 0 Å². The number of hydrogen-bond donors (Lipinski definition) is 1. The van der Waals surface area contributed by atoms with E-state index in [0.717, 1.165) is 15.8 Å². The second kappa shape index (κ2) is 6.56. The van der Waals surface area contributed by atoms with Crippen LogP contribution in [-0.2, 0) is 0 Å². The second-order valence-corrected chi connectivity index (χ2v) is 6.45. The number of nitrogens with zero attached hydrogens (tertiary/aromatic N) is 1. The fourth-order valence-corrected chi connectivity index (χ4v) is 3.38. The van der Waals surface area contributed by atoms with Crippen LogP contribution in [0.25, 0.3) is 10.2 Å². The number of Topliss-reactive ketones (excluding diaryl/α,β-unsaturated/α-hetero) is 1. The van der Waals surface area contributed by atoms with Gasteiger partial charge >= 0.3 is 0 Å². The van der Waals surface area contributed by atoms with Gasteiger partial charge in [-0.1, -0.05) is 35.1 Å². The number of nitrogens with one attached hydrogen (secondary N) is 1. The largest absolute Gasteiger partial charge is 0.496 e. The first-order chi connectivity index (χ1) is 11.1. The highest BCUT2D eigenvalue weighted by Gasteiger charge is 2.13. The van der Waals surface area contributed by atoms with Crippen LogP contribution >= 0.6 is 22.9 Å². The molecule has 0 aliphatic heterocycles. The molecular formula is C17H15ClN2O2S. The number of benzene rings is 2. The van der Waals surface area contributed by atoms with Crippen LogP contribution in [0.5, 0.6) is 5.75 Å². The number of thiazole rings is 1. The zero-order chi connectivity index (χ0) is 16.4. The molecule has 4 nitrogen and oxygen atoms in total. The van der Waals surface area contributed by atoms with Crippen LogP contribution in [0.1, 0.15) is 15.9 Å². The molecule has 3 rings (SSSR count). The van der Waals surface area contributed by atoms with Crippen LogP contribution in [0, 0.1) is 6.92 Å². The number of aryl methyl sites for hydroxylation is 1. The van der Waals surface area contributed by atoms with Crippen molar-refractivity contribution in [3.8, 4) is 5.75 Å². The van der Waals surface area contributed by atoms with Gasteiger partial charge in [-0.25, -0.2) is 4.98 Å². The lowest BCUT2D eigenvalue weighted by molar-refractivity contribution is 0.100. The number of ether oxygens (including phenoxy) is 1. The maximum atomic E-state index is 12.3. The molecule has 0 atom stereocenters. The topological polar surface area (TPSA) is 51.2 Å². The fraction of sp³-hybridized carbons (Fsp3) is 0.176. The SMILES string of the molecule is COc1ccccc1C(=O)CNc1nc2c(C)c(Cl)ccc2s1. The van der Waals surface area contributed by atoms with E-state index in [-0.39, 0.29) is 12.3 Å². The molecule has 0 unspecified atom stereocenters. The minimum atomic E-state index is -0.0449. The molecule has 0 aliphatic rings. The monoisotopic (exact) mass is 346 g/mol. The zero-order valence-electron chi connectivity index (χ0n) is 12.7. The summed E-state index contributed by atoms with van der Waals surface area (Å²) in [5.74, 6) is 0.530. The maximum absolute atomic E-state index is 12.3.